The molecule has 1 aromatic heterocycles. The molecule has 3 rings (SSSR count). The maximum absolute atomic E-state index is 5.15. The molecule has 1 aromatic rings. The van der Waals surface area contributed by atoms with Gasteiger partial charge < -0.3 is 15.4 Å². The molecule has 8 nitrogen and oxygen atoms in total. The Morgan fingerprint density at radius 3 is 2.86 bits per heavy atom. The smallest absolute Gasteiger partial charge is 0.191 e. The molecule has 2 aliphatic heterocycles. The maximum Gasteiger partial charge on any atom is 0.191 e. The second kappa shape index (κ2) is 12.0. The molecule has 2 aliphatic rings. The number of ether oxygens (including phenoxy) is 1. The van der Waals surface area contributed by atoms with E-state index in [1.165, 1.54) is 32.4 Å². The molecule has 0 bridgehead atoms. The number of likely N-dealkylation sites (tertiary alicyclic amines) is 1. The summed E-state index contributed by atoms with van der Waals surface area (Å²) >= 11 is 0. The van der Waals surface area contributed by atoms with Crippen LogP contribution < -0.4 is 10.6 Å². The van der Waals surface area contributed by atoms with Gasteiger partial charge in [-0.05, 0) is 31.7 Å². The lowest BCUT2D eigenvalue weighted by atomic mass is 10.0. The average molecular weight is 519 g/mol. The third kappa shape index (κ3) is 7.06. The number of rotatable bonds is 7. The SMILES string of the molecule is CN=C(NCC1CCCCN1CC(C)C)NC1CCc2nc(COC)nn2C1.I. The Kier molecular flexibility index (Phi) is 10.1. The van der Waals surface area contributed by atoms with Gasteiger partial charge in [-0.2, -0.15) is 5.10 Å². The van der Waals surface area contributed by atoms with Crippen LogP contribution in [0.1, 0.15) is 51.2 Å². The molecule has 29 heavy (non-hydrogen) atoms. The molecule has 0 spiro atoms. The van der Waals surface area contributed by atoms with Crippen molar-refractivity contribution in [3.8, 4) is 0 Å². The summed E-state index contributed by atoms with van der Waals surface area (Å²) in [4.78, 5) is 11.7. The van der Waals surface area contributed by atoms with Crippen molar-refractivity contribution < 1.29 is 4.74 Å². The Balaban J connectivity index is 0.00000300. The summed E-state index contributed by atoms with van der Waals surface area (Å²) in [7, 11) is 3.52. The van der Waals surface area contributed by atoms with Crippen LogP contribution in [-0.2, 0) is 24.3 Å². The largest absolute Gasteiger partial charge is 0.377 e. The molecule has 3 heterocycles. The number of methoxy groups -OCH3 is 1. The van der Waals surface area contributed by atoms with Crippen LogP contribution in [0.2, 0.25) is 0 Å². The number of nitrogens with one attached hydrogen (secondary N) is 2. The highest BCUT2D eigenvalue weighted by molar-refractivity contribution is 14.0. The first-order valence-corrected chi connectivity index (χ1v) is 10.7. The molecule has 1 fully saturated rings. The summed E-state index contributed by atoms with van der Waals surface area (Å²) in [6.07, 6.45) is 5.88. The average Bonchev–Trinajstić information content (AvgIpc) is 3.07. The van der Waals surface area contributed by atoms with E-state index in [0.717, 1.165) is 43.5 Å². The molecule has 1 saturated heterocycles. The lowest BCUT2D eigenvalue weighted by molar-refractivity contribution is 0.133. The van der Waals surface area contributed by atoms with Crippen molar-refractivity contribution >= 4 is 29.9 Å². The van der Waals surface area contributed by atoms with E-state index in [2.05, 4.69) is 44.5 Å². The Morgan fingerprint density at radius 1 is 1.31 bits per heavy atom. The molecule has 0 saturated carbocycles. The molecule has 2 N–H and O–H groups in total. The van der Waals surface area contributed by atoms with Gasteiger partial charge in [0.25, 0.3) is 0 Å². The molecule has 0 amide bonds. The van der Waals surface area contributed by atoms with Gasteiger partial charge in [-0.3, -0.25) is 9.89 Å². The summed E-state index contributed by atoms with van der Waals surface area (Å²) in [5.74, 6) is 3.42. The minimum Gasteiger partial charge on any atom is -0.377 e. The Bertz CT molecular complexity index is 649. The summed E-state index contributed by atoms with van der Waals surface area (Å²) in [5.41, 5.74) is 0. The van der Waals surface area contributed by atoms with E-state index in [4.69, 9.17) is 4.74 Å². The van der Waals surface area contributed by atoms with Crippen molar-refractivity contribution in [2.24, 2.45) is 10.9 Å². The number of hydrogen-bond donors (Lipinski definition) is 2. The first kappa shape index (κ1) is 24.3. The topological polar surface area (TPSA) is 79.6 Å². The molecule has 166 valence electrons. The highest BCUT2D eigenvalue weighted by Crippen LogP contribution is 2.18. The predicted molar refractivity (Wildman–Crippen MR) is 127 cm³/mol. The van der Waals surface area contributed by atoms with Gasteiger partial charge in [-0.25, -0.2) is 9.67 Å². The van der Waals surface area contributed by atoms with Gasteiger partial charge in [-0.15, -0.1) is 24.0 Å². The van der Waals surface area contributed by atoms with E-state index in [0.29, 0.717) is 24.6 Å². The fourth-order valence-corrected chi connectivity index (χ4v) is 4.27. The summed E-state index contributed by atoms with van der Waals surface area (Å²) in [6.45, 7) is 9.24. The third-order valence-electron chi connectivity index (χ3n) is 5.59. The van der Waals surface area contributed by atoms with Crippen LogP contribution in [0, 0.1) is 5.92 Å². The zero-order chi connectivity index (χ0) is 19.9. The van der Waals surface area contributed by atoms with E-state index in [1.807, 2.05) is 11.7 Å². The van der Waals surface area contributed by atoms with Crippen LogP contribution in [0.3, 0.4) is 0 Å². The third-order valence-corrected chi connectivity index (χ3v) is 5.59. The Morgan fingerprint density at radius 2 is 2.14 bits per heavy atom. The maximum atomic E-state index is 5.15. The zero-order valence-corrected chi connectivity index (χ0v) is 20.7. The van der Waals surface area contributed by atoms with Gasteiger partial charge >= 0.3 is 0 Å². The van der Waals surface area contributed by atoms with E-state index in [1.54, 1.807) is 7.11 Å². The molecular weight excluding hydrogens is 481 g/mol. The first-order valence-electron chi connectivity index (χ1n) is 10.7. The predicted octanol–water partition coefficient (Wildman–Crippen LogP) is 2.03. The molecule has 9 heteroatoms. The van der Waals surface area contributed by atoms with Gasteiger partial charge in [0.2, 0.25) is 0 Å². The number of nitrogens with zero attached hydrogens (tertiary/aromatic N) is 5. The summed E-state index contributed by atoms with van der Waals surface area (Å²) in [5, 5.41) is 11.7. The van der Waals surface area contributed by atoms with E-state index < -0.39 is 0 Å². The lowest BCUT2D eigenvalue weighted by Crippen LogP contribution is -2.52. The number of aromatic nitrogens is 3. The second-order valence-corrected chi connectivity index (χ2v) is 8.43. The number of hydrogen-bond acceptors (Lipinski definition) is 5. The van der Waals surface area contributed by atoms with Crippen molar-refractivity contribution in [1.82, 2.24) is 30.3 Å². The number of fused-ring (bicyclic) bond motifs is 1. The second-order valence-electron chi connectivity index (χ2n) is 8.43. The minimum absolute atomic E-state index is 0. The Labute approximate surface area is 192 Å². The standard InChI is InChI=1S/C20H37N7O.HI/c1-15(2)12-26-10-6-5-7-17(26)11-22-20(21-3)23-16-8-9-19-24-18(14-28-4)25-27(19)13-16;/h15-17H,5-14H2,1-4H3,(H2,21,22,23);1H. The molecule has 0 aliphatic carbocycles. The Hall–Kier alpha value is -0.940. The van der Waals surface area contributed by atoms with Crippen molar-refractivity contribution in [1.29, 1.82) is 0 Å². The van der Waals surface area contributed by atoms with Crippen molar-refractivity contribution in [3.05, 3.63) is 11.6 Å². The highest BCUT2D eigenvalue weighted by Gasteiger charge is 2.25. The van der Waals surface area contributed by atoms with E-state index in [9.17, 15) is 0 Å². The van der Waals surface area contributed by atoms with Crippen molar-refractivity contribution in [2.75, 3.05) is 33.8 Å². The first-order chi connectivity index (χ1) is 13.6. The number of aliphatic imine (C=N–C) groups is 1. The molecule has 2 unspecified atom stereocenters. The van der Waals surface area contributed by atoms with Gasteiger partial charge in [0, 0.05) is 45.8 Å². The van der Waals surface area contributed by atoms with Gasteiger partial charge in [0.15, 0.2) is 11.8 Å². The summed E-state index contributed by atoms with van der Waals surface area (Å²) < 4.78 is 7.16. The lowest BCUT2D eigenvalue weighted by Gasteiger charge is -2.37. The van der Waals surface area contributed by atoms with Crippen LogP contribution in [0.25, 0.3) is 0 Å². The van der Waals surface area contributed by atoms with Crippen LogP contribution >= 0.6 is 24.0 Å². The van der Waals surface area contributed by atoms with E-state index >= 15 is 0 Å². The monoisotopic (exact) mass is 519 g/mol. The molecule has 0 aromatic carbocycles. The van der Waals surface area contributed by atoms with Crippen LogP contribution in [0.5, 0.6) is 0 Å². The normalized spacial score (nSPS) is 22.9. The quantitative estimate of drug-likeness (QED) is 0.326. The number of aryl methyl sites for hydroxylation is 1. The minimum atomic E-state index is 0. The van der Waals surface area contributed by atoms with Gasteiger partial charge in [0.05, 0.1) is 6.54 Å². The molecule has 2 atom stereocenters. The highest BCUT2D eigenvalue weighted by atomic mass is 127. The van der Waals surface area contributed by atoms with Crippen LogP contribution in [0.4, 0.5) is 0 Å². The van der Waals surface area contributed by atoms with Crippen molar-refractivity contribution in [2.45, 2.75) is 71.2 Å². The fourth-order valence-electron chi connectivity index (χ4n) is 4.27. The zero-order valence-electron chi connectivity index (χ0n) is 18.4. The van der Waals surface area contributed by atoms with Crippen molar-refractivity contribution in [3.63, 3.8) is 0 Å². The fraction of sp³-hybridized carbons (Fsp3) is 0.850. The van der Waals surface area contributed by atoms with Crippen LogP contribution in [0.15, 0.2) is 4.99 Å². The number of halogens is 1. The number of piperidine rings is 1. The number of guanidine groups is 1. The molecule has 0 radical (unpaired) electrons. The molecular formula is C20H38IN7O. The van der Waals surface area contributed by atoms with Crippen LogP contribution in [-0.4, -0.2) is 71.5 Å². The summed E-state index contributed by atoms with van der Waals surface area (Å²) in [6, 6.07) is 0.911. The van der Waals surface area contributed by atoms with Gasteiger partial charge in [-0.1, -0.05) is 20.3 Å². The van der Waals surface area contributed by atoms with E-state index in [-0.39, 0.29) is 24.0 Å². The van der Waals surface area contributed by atoms with Gasteiger partial charge in [0.1, 0.15) is 12.4 Å².